The number of hydrogen-bond donors (Lipinski definition) is 0. The number of carbonyl (C=O) groups excluding carboxylic acids is 2. The van der Waals surface area contributed by atoms with Crippen LogP contribution in [0.25, 0.3) is 0 Å². The molecule has 8 heteroatoms. The molecule has 0 saturated heterocycles. The molecular weight excluding hydrogens is 462 g/mol. The van der Waals surface area contributed by atoms with Crippen LogP contribution >= 0.6 is 0 Å². The number of ether oxygens (including phenoxy) is 3. The summed E-state index contributed by atoms with van der Waals surface area (Å²) in [5.74, 6) is -0.433. The summed E-state index contributed by atoms with van der Waals surface area (Å²) in [5.41, 5.74) is 3.49. The zero-order valence-corrected chi connectivity index (χ0v) is 22.3. The van der Waals surface area contributed by atoms with Crippen LogP contribution in [0.5, 0.6) is 11.5 Å². The van der Waals surface area contributed by atoms with Crippen molar-refractivity contribution in [3.8, 4) is 11.5 Å². The second-order valence-electron chi connectivity index (χ2n) is 8.93. The third-order valence-electron chi connectivity index (χ3n) is 5.44. The van der Waals surface area contributed by atoms with Gasteiger partial charge in [0.1, 0.15) is 6.61 Å². The van der Waals surface area contributed by atoms with Crippen molar-refractivity contribution >= 4 is 17.4 Å². The third-order valence-corrected chi connectivity index (χ3v) is 5.44. The number of methoxy groups -OCH3 is 1. The summed E-state index contributed by atoms with van der Waals surface area (Å²) < 4.78 is 16.0. The number of nitro groups is 1. The number of nitro benzene ring substituents is 1. The molecule has 0 radical (unpaired) electrons. The normalized spacial score (nSPS) is 11.6. The smallest absolute Gasteiger partial charge is 0.306 e. The fraction of sp³-hybridized carbons (Fsp3) is 0.500. The first-order valence-corrected chi connectivity index (χ1v) is 12.2. The largest absolute Gasteiger partial charge is 0.493 e. The Morgan fingerprint density at radius 1 is 0.917 bits per heavy atom. The van der Waals surface area contributed by atoms with Gasteiger partial charge in [0.2, 0.25) is 0 Å². The van der Waals surface area contributed by atoms with E-state index in [1.165, 1.54) is 42.9 Å². The molecule has 0 heterocycles. The van der Waals surface area contributed by atoms with Crippen LogP contribution in [0.15, 0.2) is 47.1 Å². The van der Waals surface area contributed by atoms with Gasteiger partial charge in [-0.1, -0.05) is 28.9 Å². The highest BCUT2D eigenvalue weighted by Gasteiger charge is 2.22. The molecule has 0 unspecified atom stereocenters. The van der Waals surface area contributed by atoms with E-state index in [0.29, 0.717) is 6.42 Å². The number of esters is 1. The van der Waals surface area contributed by atoms with Crippen molar-refractivity contribution in [1.82, 2.24) is 0 Å². The van der Waals surface area contributed by atoms with Gasteiger partial charge >= 0.3 is 5.97 Å². The molecule has 36 heavy (non-hydrogen) atoms. The van der Waals surface area contributed by atoms with E-state index >= 15 is 0 Å². The number of benzene rings is 1. The summed E-state index contributed by atoms with van der Waals surface area (Å²) in [6.07, 6.45) is 11.0. The lowest BCUT2D eigenvalue weighted by atomic mass is 10.1. The topological polar surface area (TPSA) is 105 Å². The summed E-state index contributed by atoms with van der Waals surface area (Å²) in [6.45, 7) is 10.0. The molecule has 0 saturated carbocycles. The maximum atomic E-state index is 12.0. The number of Topliss-reactive ketones (excluding diaryl/α,β-unsaturated/α-hetero) is 1. The molecule has 8 nitrogen and oxygen atoms in total. The predicted octanol–water partition coefficient (Wildman–Crippen LogP) is 6.93. The second kappa shape index (κ2) is 16.3. The Morgan fingerprint density at radius 2 is 1.56 bits per heavy atom. The zero-order valence-electron chi connectivity index (χ0n) is 22.3. The maximum Gasteiger partial charge on any atom is 0.306 e. The molecular formula is C28H39NO7. The van der Waals surface area contributed by atoms with E-state index in [4.69, 9.17) is 14.2 Å². The van der Waals surface area contributed by atoms with E-state index in [-0.39, 0.29) is 48.4 Å². The van der Waals surface area contributed by atoms with Crippen LogP contribution in [0.2, 0.25) is 0 Å². The van der Waals surface area contributed by atoms with E-state index in [2.05, 4.69) is 32.9 Å². The van der Waals surface area contributed by atoms with Crippen LogP contribution in [-0.2, 0) is 9.53 Å². The average Bonchev–Trinajstić information content (AvgIpc) is 2.80. The molecule has 1 aromatic carbocycles. The molecule has 0 aliphatic heterocycles. The quantitative estimate of drug-likeness (QED) is 0.0604. The number of nitrogens with zero attached hydrogens (tertiary/aromatic N) is 1. The van der Waals surface area contributed by atoms with Gasteiger partial charge in [0.15, 0.2) is 17.3 Å². The van der Waals surface area contributed by atoms with Crippen molar-refractivity contribution in [3.05, 3.63) is 62.8 Å². The van der Waals surface area contributed by atoms with Gasteiger partial charge in [-0.25, -0.2) is 0 Å². The molecule has 0 atom stereocenters. The summed E-state index contributed by atoms with van der Waals surface area (Å²) >= 11 is 0. The lowest BCUT2D eigenvalue weighted by Crippen LogP contribution is -2.08. The van der Waals surface area contributed by atoms with Gasteiger partial charge in [0, 0.05) is 12.5 Å². The molecule has 198 valence electrons. The molecule has 1 aromatic rings. The summed E-state index contributed by atoms with van der Waals surface area (Å²) in [4.78, 5) is 34.3. The number of allylic oxidation sites excluding steroid dienone is 5. The Hall–Kier alpha value is -3.42. The number of rotatable bonds is 16. The summed E-state index contributed by atoms with van der Waals surface area (Å²) in [6, 6.07) is 2.46. The summed E-state index contributed by atoms with van der Waals surface area (Å²) in [5, 5.41) is 11.3. The van der Waals surface area contributed by atoms with Crippen LogP contribution < -0.4 is 9.47 Å². The van der Waals surface area contributed by atoms with Crippen LogP contribution in [0, 0.1) is 10.1 Å². The average molecular weight is 502 g/mol. The zero-order chi connectivity index (χ0) is 27.1. The van der Waals surface area contributed by atoms with Crippen molar-refractivity contribution in [1.29, 1.82) is 0 Å². The molecule has 0 aliphatic rings. The van der Waals surface area contributed by atoms with Crippen LogP contribution in [0.3, 0.4) is 0 Å². The first kappa shape index (κ1) is 30.6. The number of carbonyl (C=O) groups is 2. The fourth-order valence-corrected chi connectivity index (χ4v) is 3.34. The van der Waals surface area contributed by atoms with Crippen molar-refractivity contribution in [3.63, 3.8) is 0 Å². The van der Waals surface area contributed by atoms with Crippen LogP contribution in [0.4, 0.5) is 5.69 Å². The SMILES string of the molecule is COc1cc(C(C)=O)c([N+](=O)[O-])cc1OCCCC(=O)OC/C=C(\C)CC/C=C(\C)CCC=C(C)C. The Kier molecular flexibility index (Phi) is 13.8. The van der Waals surface area contributed by atoms with E-state index < -0.39 is 10.7 Å². The Morgan fingerprint density at radius 3 is 2.14 bits per heavy atom. The fourth-order valence-electron chi connectivity index (χ4n) is 3.34. The molecule has 1 rings (SSSR count). The van der Waals surface area contributed by atoms with E-state index in [0.717, 1.165) is 25.7 Å². The highest BCUT2D eigenvalue weighted by molar-refractivity contribution is 5.98. The lowest BCUT2D eigenvalue weighted by Gasteiger charge is -2.12. The first-order chi connectivity index (χ1) is 17.0. The van der Waals surface area contributed by atoms with E-state index in [1.807, 2.05) is 13.0 Å². The van der Waals surface area contributed by atoms with Crippen molar-refractivity contribution in [2.75, 3.05) is 20.3 Å². The van der Waals surface area contributed by atoms with Gasteiger partial charge in [-0.2, -0.15) is 0 Å². The highest BCUT2D eigenvalue weighted by Crippen LogP contribution is 2.35. The van der Waals surface area contributed by atoms with Gasteiger partial charge in [-0.05, 0) is 72.8 Å². The molecule has 0 aliphatic carbocycles. The van der Waals surface area contributed by atoms with Crippen molar-refractivity contribution < 1.29 is 28.7 Å². The minimum atomic E-state index is -0.640. The van der Waals surface area contributed by atoms with Gasteiger partial charge in [0.25, 0.3) is 5.69 Å². The Balaban J connectivity index is 2.41. The van der Waals surface area contributed by atoms with Gasteiger partial charge in [-0.15, -0.1) is 0 Å². The first-order valence-electron chi connectivity index (χ1n) is 12.2. The van der Waals surface area contributed by atoms with Crippen molar-refractivity contribution in [2.45, 2.75) is 73.1 Å². The molecule has 0 N–H and O–H groups in total. The minimum absolute atomic E-state index is 0.0539. The van der Waals surface area contributed by atoms with Gasteiger partial charge in [-0.3, -0.25) is 19.7 Å². The highest BCUT2D eigenvalue weighted by atomic mass is 16.6. The predicted molar refractivity (Wildman–Crippen MR) is 141 cm³/mol. The Labute approximate surface area is 214 Å². The maximum absolute atomic E-state index is 12.0. The van der Waals surface area contributed by atoms with Crippen LogP contribution in [-0.4, -0.2) is 37.0 Å². The molecule has 0 fully saturated rings. The van der Waals surface area contributed by atoms with Gasteiger partial charge in [0.05, 0.1) is 30.3 Å². The molecule has 0 spiro atoms. The second-order valence-corrected chi connectivity index (χ2v) is 8.93. The molecule has 0 aromatic heterocycles. The van der Waals surface area contributed by atoms with Crippen LogP contribution in [0.1, 0.15) is 83.5 Å². The van der Waals surface area contributed by atoms with Crippen molar-refractivity contribution in [2.24, 2.45) is 0 Å². The van der Waals surface area contributed by atoms with E-state index in [9.17, 15) is 19.7 Å². The standard InChI is InChI=1S/C28H39NO7/c1-20(2)10-7-11-21(3)12-8-13-22(4)15-17-36-28(31)14-9-16-35-27-19-25(29(32)33)24(23(5)30)18-26(27)34-6/h10,12,15,18-19H,7-9,11,13-14,16-17H2,1-6H3/b21-12+,22-15+. The number of ketones is 1. The number of hydrogen-bond acceptors (Lipinski definition) is 7. The lowest BCUT2D eigenvalue weighted by molar-refractivity contribution is -0.385. The van der Waals surface area contributed by atoms with Gasteiger partial charge < -0.3 is 14.2 Å². The third kappa shape index (κ3) is 11.8. The summed E-state index contributed by atoms with van der Waals surface area (Å²) in [7, 11) is 1.38. The molecule has 0 amide bonds. The minimum Gasteiger partial charge on any atom is -0.493 e. The Bertz CT molecular complexity index is 1000. The van der Waals surface area contributed by atoms with E-state index in [1.54, 1.807) is 0 Å². The molecule has 0 bridgehead atoms. The monoisotopic (exact) mass is 501 g/mol.